The number of rotatable bonds is 6. The Bertz CT molecular complexity index is 280. The maximum absolute atomic E-state index is 11.8. The molecule has 0 aromatic heterocycles. The van der Waals surface area contributed by atoms with Gasteiger partial charge >= 0.3 is 0 Å². The number of hydrogen-bond acceptors (Lipinski definition) is 1. The Morgan fingerprint density at radius 1 is 1.31 bits per heavy atom. The van der Waals surface area contributed by atoms with E-state index in [2.05, 4.69) is 26.0 Å². The molecule has 0 aromatic rings. The highest BCUT2D eigenvalue weighted by molar-refractivity contribution is 5.95. The SMILES string of the molecule is CC(C)=CCCCCC(=O)C1=CCCCC1. The lowest BCUT2D eigenvalue weighted by atomic mass is 9.94. The summed E-state index contributed by atoms with van der Waals surface area (Å²) in [6.45, 7) is 4.25. The van der Waals surface area contributed by atoms with Crippen molar-refractivity contribution in [2.24, 2.45) is 0 Å². The second-order valence-electron chi connectivity index (χ2n) is 4.93. The van der Waals surface area contributed by atoms with Gasteiger partial charge in [0, 0.05) is 6.42 Å². The summed E-state index contributed by atoms with van der Waals surface area (Å²) in [6.07, 6.45) is 13.1. The largest absolute Gasteiger partial charge is 0.295 e. The van der Waals surface area contributed by atoms with Gasteiger partial charge in [-0.25, -0.2) is 0 Å². The zero-order valence-corrected chi connectivity index (χ0v) is 10.7. The van der Waals surface area contributed by atoms with Crippen LogP contribution in [0.15, 0.2) is 23.3 Å². The molecule has 0 atom stereocenters. The molecule has 1 nitrogen and oxygen atoms in total. The maximum Gasteiger partial charge on any atom is 0.158 e. The first kappa shape index (κ1) is 13.2. The number of ketones is 1. The third-order valence-electron chi connectivity index (χ3n) is 3.06. The van der Waals surface area contributed by atoms with Crippen LogP contribution < -0.4 is 0 Å². The van der Waals surface area contributed by atoms with E-state index in [4.69, 9.17) is 0 Å². The van der Waals surface area contributed by atoms with Crippen molar-refractivity contribution in [2.75, 3.05) is 0 Å². The Morgan fingerprint density at radius 3 is 2.75 bits per heavy atom. The Balaban J connectivity index is 2.15. The number of allylic oxidation sites excluding steroid dienone is 4. The normalized spacial score (nSPS) is 15.5. The van der Waals surface area contributed by atoms with E-state index < -0.39 is 0 Å². The second kappa shape index (κ2) is 7.43. The lowest BCUT2D eigenvalue weighted by molar-refractivity contribution is -0.115. The second-order valence-corrected chi connectivity index (χ2v) is 4.93. The molecule has 0 spiro atoms. The van der Waals surface area contributed by atoms with Crippen molar-refractivity contribution in [3.8, 4) is 0 Å². The van der Waals surface area contributed by atoms with Gasteiger partial charge in [0.2, 0.25) is 0 Å². The lowest BCUT2D eigenvalue weighted by Crippen LogP contribution is -2.05. The van der Waals surface area contributed by atoms with Crippen molar-refractivity contribution in [1.82, 2.24) is 0 Å². The van der Waals surface area contributed by atoms with E-state index in [0.29, 0.717) is 5.78 Å². The summed E-state index contributed by atoms with van der Waals surface area (Å²) in [7, 11) is 0. The van der Waals surface area contributed by atoms with Crippen molar-refractivity contribution < 1.29 is 4.79 Å². The third-order valence-corrected chi connectivity index (χ3v) is 3.06. The van der Waals surface area contributed by atoms with Crippen LogP contribution in [0.5, 0.6) is 0 Å². The molecule has 16 heavy (non-hydrogen) atoms. The minimum absolute atomic E-state index is 0.400. The van der Waals surface area contributed by atoms with Crippen LogP contribution in [0, 0.1) is 0 Å². The molecule has 0 fully saturated rings. The molecule has 90 valence electrons. The molecule has 1 rings (SSSR count). The molecule has 0 aliphatic heterocycles. The van der Waals surface area contributed by atoms with Gasteiger partial charge in [-0.1, -0.05) is 17.7 Å². The average molecular weight is 220 g/mol. The Morgan fingerprint density at radius 2 is 2.12 bits per heavy atom. The Kier molecular flexibility index (Phi) is 6.14. The average Bonchev–Trinajstić information content (AvgIpc) is 2.29. The van der Waals surface area contributed by atoms with Gasteiger partial charge in [0.1, 0.15) is 0 Å². The van der Waals surface area contributed by atoms with Crippen LogP contribution in [0.2, 0.25) is 0 Å². The molecule has 0 saturated carbocycles. The highest BCUT2D eigenvalue weighted by Gasteiger charge is 2.11. The van der Waals surface area contributed by atoms with Crippen LogP contribution in [0.3, 0.4) is 0 Å². The number of hydrogen-bond donors (Lipinski definition) is 0. The van der Waals surface area contributed by atoms with Crippen LogP contribution >= 0.6 is 0 Å². The molecule has 0 radical (unpaired) electrons. The highest BCUT2D eigenvalue weighted by Crippen LogP contribution is 2.20. The van der Waals surface area contributed by atoms with Crippen LogP contribution in [0.1, 0.15) is 65.2 Å². The molecule has 1 aliphatic carbocycles. The summed E-state index contributed by atoms with van der Waals surface area (Å²) in [4.78, 5) is 11.8. The first-order valence-electron chi connectivity index (χ1n) is 6.56. The van der Waals surface area contributed by atoms with Gasteiger partial charge in [-0.2, -0.15) is 0 Å². The zero-order chi connectivity index (χ0) is 11.8. The number of unbranched alkanes of at least 4 members (excludes halogenated alkanes) is 2. The van der Waals surface area contributed by atoms with Gasteiger partial charge in [-0.15, -0.1) is 0 Å². The van der Waals surface area contributed by atoms with Crippen LogP contribution in [-0.4, -0.2) is 5.78 Å². The van der Waals surface area contributed by atoms with Gasteiger partial charge in [0.05, 0.1) is 0 Å². The summed E-state index contributed by atoms with van der Waals surface area (Å²) >= 11 is 0. The summed E-state index contributed by atoms with van der Waals surface area (Å²) in [5.41, 5.74) is 2.48. The van der Waals surface area contributed by atoms with Crippen LogP contribution in [0.25, 0.3) is 0 Å². The summed E-state index contributed by atoms with van der Waals surface area (Å²) < 4.78 is 0. The van der Waals surface area contributed by atoms with E-state index in [-0.39, 0.29) is 0 Å². The fourth-order valence-electron chi connectivity index (χ4n) is 2.07. The van der Waals surface area contributed by atoms with Crippen molar-refractivity contribution in [3.05, 3.63) is 23.3 Å². The number of Topliss-reactive ketones (excluding diaryl/α,β-unsaturated/α-hetero) is 1. The van der Waals surface area contributed by atoms with E-state index in [1.165, 1.54) is 18.4 Å². The fourth-order valence-corrected chi connectivity index (χ4v) is 2.07. The molecule has 0 amide bonds. The third kappa shape index (κ3) is 5.29. The molecular formula is C15H24O. The van der Waals surface area contributed by atoms with Gasteiger partial charge < -0.3 is 0 Å². The molecule has 0 unspecified atom stereocenters. The van der Waals surface area contributed by atoms with E-state index in [9.17, 15) is 4.79 Å². The van der Waals surface area contributed by atoms with Crippen molar-refractivity contribution in [3.63, 3.8) is 0 Å². The number of carbonyl (C=O) groups is 1. The van der Waals surface area contributed by atoms with Crippen molar-refractivity contribution in [2.45, 2.75) is 65.2 Å². The Hall–Kier alpha value is -0.850. The first-order chi connectivity index (χ1) is 7.70. The van der Waals surface area contributed by atoms with Crippen LogP contribution in [-0.2, 0) is 4.79 Å². The topological polar surface area (TPSA) is 17.1 Å². The minimum atomic E-state index is 0.400. The smallest absolute Gasteiger partial charge is 0.158 e. The first-order valence-corrected chi connectivity index (χ1v) is 6.56. The van der Waals surface area contributed by atoms with Crippen LogP contribution in [0.4, 0.5) is 0 Å². The molecule has 1 aliphatic rings. The quantitative estimate of drug-likeness (QED) is 0.473. The predicted octanol–water partition coefficient (Wildman–Crippen LogP) is 4.58. The zero-order valence-electron chi connectivity index (χ0n) is 10.7. The van der Waals surface area contributed by atoms with Crippen molar-refractivity contribution >= 4 is 5.78 Å². The number of carbonyl (C=O) groups excluding carboxylic acids is 1. The van der Waals surface area contributed by atoms with E-state index in [1.807, 2.05) is 0 Å². The molecule has 0 N–H and O–H groups in total. The van der Waals surface area contributed by atoms with E-state index >= 15 is 0 Å². The molecule has 0 saturated heterocycles. The maximum atomic E-state index is 11.8. The molecule has 0 bridgehead atoms. The van der Waals surface area contributed by atoms with Gasteiger partial charge in [0.15, 0.2) is 5.78 Å². The summed E-state index contributed by atoms with van der Waals surface area (Å²) in [5, 5.41) is 0. The van der Waals surface area contributed by atoms with Gasteiger partial charge in [-0.05, 0) is 64.4 Å². The highest BCUT2D eigenvalue weighted by atomic mass is 16.1. The Labute approximate surface area is 99.6 Å². The van der Waals surface area contributed by atoms with Gasteiger partial charge in [0.25, 0.3) is 0 Å². The monoisotopic (exact) mass is 220 g/mol. The van der Waals surface area contributed by atoms with E-state index in [1.54, 1.807) is 0 Å². The standard InChI is InChI=1S/C15H24O/c1-13(2)9-5-3-8-12-15(16)14-10-6-4-7-11-14/h9-10H,3-8,11-12H2,1-2H3. The van der Waals surface area contributed by atoms with Crippen molar-refractivity contribution in [1.29, 1.82) is 0 Å². The lowest BCUT2D eigenvalue weighted by Gasteiger charge is -2.11. The molecule has 1 heteroatoms. The fraction of sp³-hybridized carbons (Fsp3) is 0.667. The molecule has 0 aromatic carbocycles. The summed E-state index contributed by atoms with van der Waals surface area (Å²) in [5.74, 6) is 0.400. The minimum Gasteiger partial charge on any atom is -0.295 e. The summed E-state index contributed by atoms with van der Waals surface area (Å²) in [6, 6.07) is 0. The molecule has 0 heterocycles. The predicted molar refractivity (Wildman–Crippen MR) is 69.5 cm³/mol. The van der Waals surface area contributed by atoms with Gasteiger partial charge in [-0.3, -0.25) is 4.79 Å². The van der Waals surface area contributed by atoms with E-state index in [0.717, 1.165) is 44.1 Å². The molecular weight excluding hydrogens is 196 g/mol.